The molecule has 4 rings (SSSR count). The van der Waals surface area contributed by atoms with Crippen LogP contribution in [0.1, 0.15) is 24.0 Å². The summed E-state index contributed by atoms with van der Waals surface area (Å²) in [4.78, 5) is 15.3. The van der Waals surface area contributed by atoms with Crippen LogP contribution in [0.5, 0.6) is 0 Å². The second-order valence-corrected chi connectivity index (χ2v) is 10.5. The first-order chi connectivity index (χ1) is 15.9. The van der Waals surface area contributed by atoms with Gasteiger partial charge in [-0.05, 0) is 48.2 Å². The normalized spacial score (nSPS) is 20.5. The van der Waals surface area contributed by atoms with Crippen molar-refractivity contribution < 1.29 is 22.3 Å². The Morgan fingerprint density at radius 2 is 1.73 bits per heavy atom. The predicted octanol–water partition coefficient (Wildman–Crippen LogP) is 2.38. The number of ether oxygens (including phenoxy) is 1. The van der Waals surface area contributed by atoms with Gasteiger partial charge in [0.1, 0.15) is 5.82 Å². The highest BCUT2D eigenvalue weighted by atomic mass is 32.2. The number of amides is 1. The number of benzene rings is 2. The molecule has 2 aliphatic heterocycles. The van der Waals surface area contributed by atoms with Crippen molar-refractivity contribution in [1.29, 1.82) is 0 Å². The van der Waals surface area contributed by atoms with Crippen molar-refractivity contribution in [3.63, 3.8) is 0 Å². The summed E-state index contributed by atoms with van der Waals surface area (Å²) in [6, 6.07) is 12.9. The molecule has 2 fully saturated rings. The number of sulfonamides is 1. The van der Waals surface area contributed by atoms with E-state index in [1.54, 1.807) is 0 Å². The van der Waals surface area contributed by atoms with Crippen molar-refractivity contribution in [2.45, 2.75) is 30.8 Å². The lowest BCUT2D eigenvalue weighted by Gasteiger charge is -2.31. The fourth-order valence-corrected chi connectivity index (χ4v) is 5.87. The summed E-state index contributed by atoms with van der Waals surface area (Å²) in [5.74, 6) is -1.05. The van der Waals surface area contributed by atoms with Crippen LogP contribution in [-0.2, 0) is 32.6 Å². The number of morpholine rings is 1. The molecule has 9 heteroatoms. The predicted molar refractivity (Wildman–Crippen MR) is 122 cm³/mol. The van der Waals surface area contributed by atoms with Crippen LogP contribution in [0.4, 0.5) is 4.39 Å². The fraction of sp³-hybridized carbons (Fsp3) is 0.458. The van der Waals surface area contributed by atoms with Gasteiger partial charge in [0.05, 0.1) is 24.0 Å². The maximum absolute atomic E-state index is 13.2. The van der Waals surface area contributed by atoms with E-state index in [9.17, 15) is 17.6 Å². The second-order valence-electron chi connectivity index (χ2n) is 8.53. The van der Waals surface area contributed by atoms with Gasteiger partial charge in [-0.1, -0.05) is 24.3 Å². The van der Waals surface area contributed by atoms with Crippen molar-refractivity contribution in [3.05, 3.63) is 65.5 Å². The largest absolute Gasteiger partial charge is 0.379 e. The summed E-state index contributed by atoms with van der Waals surface area (Å²) in [5.41, 5.74) is 2.23. The van der Waals surface area contributed by atoms with Crippen LogP contribution in [0.25, 0.3) is 0 Å². The summed E-state index contributed by atoms with van der Waals surface area (Å²) < 4.78 is 45.8. The lowest BCUT2D eigenvalue weighted by Crippen LogP contribution is -2.45. The van der Waals surface area contributed by atoms with Crippen LogP contribution in [0, 0.1) is 11.7 Å². The van der Waals surface area contributed by atoms with Crippen LogP contribution in [0.2, 0.25) is 0 Å². The lowest BCUT2D eigenvalue weighted by atomic mass is 9.98. The molecule has 0 bridgehead atoms. The molecule has 0 aromatic heterocycles. The van der Waals surface area contributed by atoms with Gasteiger partial charge in [0.25, 0.3) is 0 Å². The molecule has 2 saturated heterocycles. The average Bonchev–Trinajstić information content (AvgIpc) is 2.84. The number of carbonyl (C=O) groups excluding carboxylic acids is 1. The fourth-order valence-electron chi connectivity index (χ4n) is 4.34. The Kier molecular flexibility index (Phi) is 7.75. The highest BCUT2D eigenvalue weighted by molar-refractivity contribution is 7.89. The van der Waals surface area contributed by atoms with E-state index < -0.39 is 21.8 Å². The van der Waals surface area contributed by atoms with Crippen LogP contribution < -0.4 is 5.32 Å². The maximum Gasteiger partial charge on any atom is 0.243 e. The van der Waals surface area contributed by atoms with Gasteiger partial charge in [-0.3, -0.25) is 9.69 Å². The SMILES string of the molecule is O=C(NCc1ccccc1CN1CCOCC1)[C@H]1CCCN(S(=O)(=O)c2ccc(F)cc2)C1. The third-order valence-electron chi connectivity index (χ3n) is 6.28. The molecular formula is C24H30FN3O4S. The molecule has 178 valence electrons. The van der Waals surface area contributed by atoms with E-state index in [0.29, 0.717) is 25.9 Å². The van der Waals surface area contributed by atoms with Crippen molar-refractivity contribution >= 4 is 15.9 Å². The van der Waals surface area contributed by atoms with Crippen molar-refractivity contribution in [2.75, 3.05) is 39.4 Å². The minimum Gasteiger partial charge on any atom is -0.379 e. The summed E-state index contributed by atoms with van der Waals surface area (Å²) in [6.45, 7) is 4.94. The van der Waals surface area contributed by atoms with Gasteiger partial charge < -0.3 is 10.1 Å². The Balaban J connectivity index is 1.37. The standard InChI is InChI=1S/C24H30FN3O4S/c25-22-7-9-23(10-8-22)33(30,31)28-11-3-6-21(18-28)24(29)26-16-19-4-1-2-5-20(19)17-27-12-14-32-15-13-27/h1-2,4-5,7-10,21H,3,6,11-18H2,(H,26,29)/t21-/m0/s1. The topological polar surface area (TPSA) is 79.0 Å². The molecule has 0 spiro atoms. The first kappa shape index (κ1) is 23.8. The molecule has 7 nitrogen and oxygen atoms in total. The van der Waals surface area contributed by atoms with E-state index in [1.165, 1.54) is 22.0 Å². The number of carbonyl (C=O) groups is 1. The summed E-state index contributed by atoms with van der Waals surface area (Å²) in [6.07, 6.45) is 1.24. The Hall–Kier alpha value is -2.33. The number of nitrogens with zero attached hydrogens (tertiary/aromatic N) is 2. The van der Waals surface area contributed by atoms with E-state index in [2.05, 4.69) is 16.3 Å². The number of piperidine rings is 1. The Labute approximate surface area is 194 Å². The molecule has 33 heavy (non-hydrogen) atoms. The van der Waals surface area contributed by atoms with Gasteiger partial charge in [-0.25, -0.2) is 12.8 Å². The second kappa shape index (κ2) is 10.7. The van der Waals surface area contributed by atoms with Crippen molar-refractivity contribution in [2.24, 2.45) is 5.92 Å². The number of halogens is 1. The molecule has 1 amide bonds. The van der Waals surface area contributed by atoms with Crippen molar-refractivity contribution in [1.82, 2.24) is 14.5 Å². The Morgan fingerprint density at radius 1 is 1.03 bits per heavy atom. The zero-order valence-corrected chi connectivity index (χ0v) is 19.4. The minimum absolute atomic E-state index is 0.0435. The van der Waals surface area contributed by atoms with Crippen LogP contribution >= 0.6 is 0 Å². The highest BCUT2D eigenvalue weighted by Gasteiger charge is 2.33. The molecular weight excluding hydrogens is 445 g/mol. The third-order valence-corrected chi connectivity index (χ3v) is 8.15. The summed E-state index contributed by atoms with van der Waals surface area (Å²) in [7, 11) is -3.76. The zero-order valence-electron chi connectivity index (χ0n) is 18.6. The molecule has 0 aliphatic carbocycles. The zero-order chi connectivity index (χ0) is 23.3. The van der Waals surface area contributed by atoms with E-state index in [0.717, 1.165) is 50.5 Å². The molecule has 0 saturated carbocycles. The number of rotatable bonds is 7. The summed E-state index contributed by atoms with van der Waals surface area (Å²) >= 11 is 0. The number of hydrogen-bond donors (Lipinski definition) is 1. The number of hydrogen-bond acceptors (Lipinski definition) is 5. The van der Waals surface area contributed by atoms with E-state index >= 15 is 0 Å². The van der Waals surface area contributed by atoms with Gasteiger partial charge in [0.15, 0.2) is 0 Å². The maximum atomic E-state index is 13.2. The van der Waals surface area contributed by atoms with Gasteiger partial charge >= 0.3 is 0 Å². The van der Waals surface area contributed by atoms with Gasteiger partial charge in [0, 0.05) is 39.3 Å². The molecule has 1 atom stereocenters. The molecule has 0 radical (unpaired) electrons. The molecule has 0 unspecified atom stereocenters. The van der Waals surface area contributed by atoms with Crippen LogP contribution in [-0.4, -0.2) is 62.9 Å². The number of nitrogens with one attached hydrogen (secondary N) is 1. The average molecular weight is 476 g/mol. The first-order valence-electron chi connectivity index (χ1n) is 11.3. The third kappa shape index (κ3) is 5.97. The smallest absolute Gasteiger partial charge is 0.243 e. The Bertz CT molecular complexity index is 1060. The van der Waals surface area contributed by atoms with Gasteiger partial charge in [-0.15, -0.1) is 0 Å². The summed E-state index contributed by atoms with van der Waals surface area (Å²) in [5, 5.41) is 3.01. The molecule has 2 heterocycles. The lowest BCUT2D eigenvalue weighted by molar-refractivity contribution is -0.126. The van der Waals surface area contributed by atoms with Crippen LogP contribution in [0.3, 0.4) is 0 Å². The van der Waals surface area contributed by atoms with Gasteiger partial charge in [-0.2, -0.15) is 4.31 Å². The minimum atomic E-state index is -3.76. The molecule has 1 N–H and O–H groups in total. The monoisotopic (exact) mass is 475 g/mol. The van der Waals surface area contributed by atoms with E-state index in [1.807, 2.05) is 18.2 Å². The molecule has 2 aliphatic rings. The van der Waals surface area contributed by atoms with E-state index in [-0.39, 0.29) is 17.3 Å². The van der Waals surface area contributed by atoms with Gasteiger partial charge in [0.2, 0.25) is 15.9 Å². The Morgan fingerprint density at radius 3 is 2.45 bits per heavy atom. The molecule has 2 aromatic rings. The van der Waals surface area contributed by atoms with E-state index in [4.69, 9.17) is 4.74 Å². The van der Waals surface area contributed by atoms with Crippen molar-refractivity contribution in [3.8, 4) is 0 Å². The first-order valence-corrected chi connectivity index (χ1v) is 12.8. The highest BCUT2D eigenvalue weighted by Crippen LogP contribution is 2.24. The quantitative estimate of drug-likeness (QED) is 0.665. The molecule has 2 aromatic carbocycles. The van der Waals surface area contributed by atoms with Crippen LogP contribution in [0.15, 0.2) is 53.4 Å².